The van der Waals surface area contributed by atoms with Crippen molar-refractivity contribution in [2.75, 3.05) is 13.2 Å². The van der Waals surface area contributed by atoms with Crippen LogP contribution in [0.3, 0.4) is 0 Å². The fourth-order valence-corrected chi connectivity index (χ4v) is 8.34. The van der Waals surface area contributed by atoms with Gasteiger partial charge in [-0.25, -0.2) is 4.79 Å². The van der Waals surface area contributed by atoms with Crippen LogP contribution < -0.4 is 48.7 Å². The summed E-state index contributed by atoms with van der Waals surface area (Å²) in [6, 6.07) is -2.43. The zero-order valence-corrected chi connectivity index (χ0v) is 44.1. The molecule has 1 saturated heterocycles. The highest BCUT2D eigenvalue weighted by atomic mass is 16.4. The van der Waals surface area contributed by atoms with Crippen LogP contribution in [0.5, 0.6) is 11.5 Å². The molecule has 0 radical (unpaired) electrons. The average Bonchev–Trinajstić information content (AvgIpc) is 3.87. The van der Waals surface area contributed by atoms with Crippen LogP contribution in [0.25, 0.3) is 0 Å². The monoisotopic (exact) mass is 1080 g/mol. The number of phenols is 2. The van der Waals surface area contributed by atoms with Gasteiger partial charge < -0.3 is 84.2 Å². The van der Waals surface area contributed by atoms with Crippen LogP contribution in [-0.2, 0) is 60.8 Å². The first-order valence-electron chi connectivity index (χ1n) is 25.4. The Balaban J connectivity index is 1.90. The molecule has 3 rings (SSSR count). The number of nitrogens with two attached hydrogens (primary N) is 2. The molecule has 0 spiro atoms. The van der Waals surface area contributed by atoms with Gasteiger partial charge in [-0.15, -0.1) is 0 Å². The van der Waals surface area contributed by atoms with E-state index in [1.807, 2.05) is 13.8 Å². The number of nitrogens with zero attached hydrogens (tertiary/aromatic N) is 1. The van der Waals surface area contributed by atoms with E-state index < -0.39 is 138 Å². The van der Waals surface area contributed by atoms with Crippen molar-refractivity contribution in [2.45, 2.75) is 159 Å². The minimum Gasteiger partial charge on any atom is -0.508 e. The molecule has 0 unspecified atom stereocenters. The van der Waals surface area contributed by atoms with E-state index in [4.69, 9.17) is 11.5 Å². The standard InChI is InChI=1S/C51H76N10O16/c1-7-26(4)40(48(73)60-42(28(6)64)51(76)77)58-47(72)38-9-8-20-61(38)50(75)36(23-30-12-16-32(66)17-13-30)56-49(74)41(27(5)63)59-46(71)37(24-62)57-45(70)35(22-29-10-14-31(65)15-11-29)55-44(69)34(18-19-39(53)67)54-43(68)33(52)21-25(2)3/h10-17,25-28,33-38,40-42,62-66H,7-9,18-24,52H2,1-6H3,(H2,53,67)(H,54,68)(H,55,69)(H,56,74)(H,57,70)(H,58,72)(H,59,71)(H,60,73)(H,76,77)/t26-,27+,28+,33-,34-,35-,36-,37-,38-,40-,41-,42-/m0/s1. The lowest BCUT2D eigenvalue weighted by Gasteiger charge is -2.32. The van der Waals surface area contributed by atoms with Crippen LogP contribution >= 0.6 is 0 Å². The second kappa shape index (κ2) is 30.4. The lowest BCUT2D eigenvalue weighted by atomic mass is 9.97. The van der Waals surface area contributed by atoms with E-state index in [0.717, 1.165) is 6.92 Å². The third kappa shape index (κ3) is 19.9. The number of amides is 9. The molecule has 1 aliphatic rings. The van der Waals surface area contributed by atoms with E-state index in [2.05, 4.69) is 37.2 Å². The number of aromatic hydroxyl groups is 2. The zero-order chi connectivity index (χ0) is 57.8. The smallest absolute Gasteiger partial charge is 0.328 e. The van der Waals surface area contributed by atoms with Gasteiger partial charge in [-0.2, -0.15) is 0 Å². The van der Waals surface area contributed by atoms with Gasteiger partial charge in [0, 0.05) is 25.8 Å². The molecule has 1 aliphatic heterocycles. The van der Waals surface area contributed by atoms with E-state index in [-0.39, 0.29) is 62.5 Å². The van der Waals surface area contributed by atoms with Crippen LogP contribution in [0.4, 0.5) is 0 Å². The van der Waals surface area contributed by atoms with Crippen molar-refractivity contribution in [3.8, 4) is 11.5 Å². The van der Waals surface area contributed by atoms with Gasteiger partial charge in [0.05, 0.1) is 24.9 Å². The van der Waals surface area contributed by atoms with Gasteiger partial charge in [-0.3, -0.25) is 43.2 Å². The van der Waals surface area contributed by atoms with E-state index in [1.165, 1.54) is 60.4 Å². The molecule has 17 N–H and O–H groups in total. The maximum absolute atomic E-state index is 14.6. The SMILES string of the molecule is CC[C@H](C)[C@H](NC(=O)[C@@H]1CCCN1C(=O)[C@H](Cc1ccc(O)cc1)NC(=O)[C@@H](NC(=O)[C@H](CO)NC(=O)[C@H](Cc1ccc(O)cc1)NC(=O)[C@H](CCC(N)=O)NC(=O)[C@@H](N)CC(C)C)[C@@H](C)O)C(=O)N[C@H](C(=O)O)[C@@H](C)O. The molecule has 0 saturated carbocycles. The number of carbonyl (C=O) groups is 10. The van der Waals surface area contributed by atoms with Crippen molar-refractivity contribution in [3.05, 3.63) is 59.7 Å². The summed E-state index contributed by atoms with van der Waals surface area (Å²) in [6.45, 7) is 8.22. The summed E-state index contributed by atoms with van der Waals surface area (Å²) in [4.78, 5) is 136. The normalized spacial score (nSPS) is 17.5. The van der Waals surface area contributed by atoms with Crippen LogP contribution in [0.15, 0.2) is 48.5 Å². The third-order valence-electron chi connectivity index (χ3n) is 12.9. The van der Waals surface area contributed by atoms with Crippen molar-refractivity contribution in [2.24, 2.45) is 23.3 Å². The quantitative estimate of drug-likeness (QED) is 0.0366. The van der Waals surface area contributed by atoms with Gasteiger partial charge >= 0.3 is 5.97 Å². The van der Waals surface area contributed by atoms with Gasteiger partial charge in [-0.05, 0) is 86.8 Å². The Kier molecular flexibility index (Phi) is 25.2. The first-order chi connectivity index (χ1) is 36.2. The number of nitrogens with one attached hydrogen (secondary N) is 7. The van der Waals surface area contributed by atoms with Crippen molar-refractivity contribution in [3.63, 3.8) is 0 Å². The van der Waals surface area contributed by atoms with Crippen LogP contribution in [0, 0.1) is 11.8 Å². The molecule has 77 heavy (non-hydrogen) atoms. The number of hydrogen-bond donors (Lipinski definition) is 15. The molecule has 1 heterocycles. The summed E-state index contributed by atoms with van der Waals surface area (Å²) in [5.74, 6) is -10.7. The van der Waals surface area contributed by atoms with Gasteiger partial charge in [0.1, 0.15) is 53.8 Å². The molecule has 26 nitrogen and oxygen atoms in total. The Morgan fingerprint density at radius 3 is 1.58 bits per heavy atom. The molecular formula is C51H76N10O16. The van der Waals surface area contributed by atoms with Gasteiger partial charge in [0.15, 0.2) is 6.04 Å². The number of carboxylic acid groups (broad SMARTS) is 1. The molecule has 2 aromatic carbocycles. The molecule has 9 amide bonds. The lowest BCUT2D eigenvalue weighted by Crippen LogP contribution is -2.63. The zero-order valence-electron chi connectivity index (χ0n) is 44.1. The molecular weight excluding hydrogens is 1010 g/mol. The van der Waals surface area contributed by atoms with Crippen molar-refractivity contribution in [1.29, 1.82) is 0 Å². The second-order valence-electron chi connectivity index (χ2n) is 19.8. The maximum atomic E-state index is 14.6. The van der Waals surface area contributed by atoms with Gasteiger partial charge in [0.2, 0.25) is 53.2 Å². The number of carbonyl (C=O) groups excluding carboxylic acids is 9. The summed E-state index contributed by atoms with van der Waals surface area (Å²) in [5.41, 5.74) is 12.2. The molecule has 2 aromatic rings. The highest BCUT2D eigenvalue weighted by molar-refractivity contribution is 5.98. The number of rotatable bonds is 30. The Bertz CT molecular complexity index is 2370. The number of phenolic OH excluding ortho intramolecular Hbond substituents is 2. The second-order valence-corrected chi connectivity index (χ2v) is 19.8. The molecule has 1 fully saturated rings. The van der Waals surface area contributed by atoms with Crippen LogP contribution in [0.1, 0.15) is 91.2 Å². The topological polar surface area (TPSA) is 432 Å². The fourth-order valence-electron chi connectivity index (χ4n) is 8.34. The average molecular weight is 1090 g/mol. The van der Waals surface area contributed by atoms with Crippen molar-refractivity contribution >= 4 is 59.1 Å². The number of carboxylic acids is 1. The number of benzene rings is 2. The van der Waals surface area contributed by atoms with Crippen LogP contribution in [0.2, 0.25) is 0 Å². The highest BCUT2D eigenvalue weighted by Gasteiger charge is 2.42. The fraction of sp³-hybridized carbons (Fsp3) is 0.569. The molecule has 0 aromatic heterocycles. The first-order valence-corrected chi connectivity index (χ1v) is 25.4. The van der Waals surface area contributed by atoms with Gasteiger partial charge in [0.25, 0.3) is 0 Å². The number of aliphatic hydroxyl groups excluding tert-OH is 3. The summed E-state index contributed by atoms with van der Waals surface area (Å²) in [6.07, 6.45) is -3.38. The third-order valence-corrected chi connectivity index (χ3v) is 12.9. The molecule has 0 aliphatic carbocycles. The van der Waals surface area contributed by atoms with E-state index in [0.29, 0.717) is 24.0 Å². The van der Waals surface area contributed by atoms with Crippen molar-refractivity contribution in [1.82, 2.24) is 42.1 Å². The summed E-state index contributed by atoms with van der Waals surface area (Å²) < 4.78 is 0. The number of aliphatic carboxylic acids is 1. The van der Waals surface area contributed by atoms with E-state index in [1.54, 1.807) is 13.8 Å². The molecule has 12 atom stereocenters. The van der Waals surface area contributed by atoms with E-state index >= 15 is 0 Å². The molecule has 0 bridgehead atoms. The Morgan fingerprint density at radius 1 is 0.623 bits per heavy atom. The lowest BCUT2D eigenvalue weighted by molar-refractivity contribution is -0.146. The summed E-state index contributed by atoms with van der Waals surface area (Å²) in [7, 11) is 0. The number of aliphatic hydroxyl groups is 3. The Hall–Kier alpha value is -7.42. The number of hydrogen-bond acceptors (Lipinski definition) is 16. The van der Waals surface area contributed by atoms with Crippen molar-refractivity contribution < 1.29 is 78.6 Å². The van der Waals surface area contributed by atoms with Crippen LogP contribution in [-0.4, -0.2) is 174 Å². The molecule has 426 valence electrons. The maximum Gasteiger partial charge on any atom is 0.328 e. The van der Waals surface area contributed by atoms with E-state index in [9.17, 15) is 78.6 Å². The minimum atomic E-state index is -1.88. The summed E-state index contributed by atoms with van der Waals surface area (Å²) in [5, 5.41) is 77.7. The first kappa shape index (κ1) is 63.9. The Morgan fingerprint density at radius 2 is 1.09 bits per heavy atom. The predicted octanol–water partition coefficient (Wildman–Crippen LogP) is -3.21. The number of primary amides is 1. The number of likely N-dealkylation sites (tertiary alicyclic amines) is 1. The Labute approximate surface area is 445 Å². The largest absolute Gasteiger partial charge is 0.508 e. The molecule has 26 heteroatoms. The minimum absolute atomic E-state index is 0.0000527. The highest BCUT2D eigenvalue weighted by Crippen LogP contribution is 2.22. The summed E-state index contributed by atoms with van der Waals surface area (Å²) >= 11 is 0. The van der Waals surface area contributed by atoms with Gasteiger partial charge in [-0.1, -0.05) is 58.4 Å². The predicted molar refractivity (Wildman–Crippen MR) is 275 cm³/mol.